The van der Waals surface area contributed by atoms with Crippen molar-refractivity contribution < 1.29 is 39.3 Å². The van der Waals surface area contributed by atoms with E-state index in [2.05, 4.69) is 0 Å². The first-order valence-corrected chi connectivity index (χ1v) is 8.31. The second-order valence-corrected chi connectivity index (χ2v) is 6.28. The molecular weight excluding hydrogens is 402 g/mol. The Morgan fingerprint density at radius 1 is 0.536 bits per heavy atom. The molecule has 11 nitrogen and oxygen atoms in total. The van der Waals surface area contributed by atoms with E-state index in [0.29, 0.717) is 0 Å². The van der Waals surface area contributed by atoms with Gasteiger partial charge in [-0.3, -0.25) is 38.7 Å². The Morgan fingerprint density at radius 2 is 0.786 bits per heavy atom. The summed E-state index contributed by atoms with van der Waals surface area (Å²) in [4.78, 5) is 59.6. The molecule has 0 bridgehead atoms. The molecule has 0 aromatic carbocycles. The van der Waals surface area contributed by atoms with Crippen molar-refractivity contribution in [2.75, 3.05) is 58.9 Å². The third-order valence-electron chi connectivity index (χ3n) is 3.43. The van der Waals surface area contributed by atoms with E-state index in [1.165, 1.54) is 23.6 Å². The fraction of sp³-hybridized carbons (Fsp3) is 0.688. The number of nitrogens with zero attached hydrogens (tertiary/aromatic N) is 3. The number of hydrogen-bond donors (Lipinski definition) is 3. The van der Waals surface area contributed by atoms with Gasteiger partial charge in [0.1, 0.15) is 11.6 Å². The number of carboxylic acids is 3. The maximum Gasteiger partial charge on any atom is 2.00 e. The van der Waals surface area contributed by atoms with Crippen LogP contribution in [0.5, 0.6) is 0 Å². The third kappa shape index (κ3) is 17.0. The summed E-state index contributed by atoms with van der Waals surface area (Å²) in [7, 11) is 0. The number of carboxylic acid groups (broad SMARTS) is 3. The maximum atomic E-state index is 11.4. The summed E-state index contributed by atoms with van der Waals surface area (Å²) in [5, 5.41) is 26.6. The summed E-state index contributed by atoms with van der Waals surface area (Å²) in [5.74, 6) is -3.74. The fourth-order valence-electron chi connectivity index (χ4n) is 2.47. The summed E-state index contributed by atoms with van der Waals surface area (Å²) >= 11 is 0. The molecule has 0 unspecified atom stereocenters. The molecule has 0 rings (SSSR count). The van der Waals surface area contributed by atoms with Gasteiger partial charge in [0.05, 0.1) is 32.7 Å². The summed E-state index contributed by atoms with van der Waals surface area (Å²) in [6.07, 6.45) is 0. The Morgan fingerprint density at radius 3 is 1.07 bits per heavy atom. The van der Waals surface area contributed by atoms with Gasteiger partial charge in [-0.05, 0) is 13.8 Å². The smallest absolute Gasteiger partial charge is 0.480 e. The number of ketones is 2. The Balaban J connectivity index is 0. The maximum absolute atomic E-state index is 11.4. The van der Waals surface area contributed by atoms with E-state index in [1.807, 2.05) is 0 Å². The fourth-order valence-corrected chi connectivity index (χ4v) is 2.47. The average Bonchev–Trinajstić information content (AvgIpc) is 2.46. The SMILES string of the molecule is CC(=O)CN(CCN(CC(C)=O)CC(=O)O)CCN(CC(=O)O)CC(=O)O.[Ca+2]. The molecule has 0 aromatic rings. The predicted octanol–water partition coefficient (Wildman–Crippen LogP) is -2.06. The van der Waals surface area contributed by atoms with Crippen LogP contribution in [0.3, 0.4) is 0 Å². The van der Waals surface area contributed by atoms with Gasteiger partial charge in [-0.1, -0.05) is 0 Å². The normalized spacial score (nSPS) is 10.8. The topological polar surface area (TPSA) is 156 Å². The van der Waals surface area contributed by atoms with Crippen LogP contribution in [0.4, 0.5) is 0 Å². The van der Waals surface area contributed by atoms with Crippen LogP contribution in [0, 0.1) is 0 Å². The molecule has 0 aliphatic rings. The van der Waals surface area contributed by atoms with Gasteiger partial charge in [0.2, 0.25) is 0 Å². The summed E-state index contributed by atoms with van der Waals surface area (Å²) in [5.41, 5.74) is 0. The standard InChI is InChI=1S/C16H27N3O8.Ca/c1-12(20)7-17(3-5-18(8-13(2)21)9-14(22)23)4-6-19(10-15(24)25)11-16(26)27;/h3-11H2,1-2H3,(H,22,23)(H,24,25)(H,26,27);/q;+2. The molecule has 0 amide bonds. The summed E-state index contributed by atoms with van der Waals surface area (Å²) < 4.78 is 0. The zero-order chi connectivity index (χ0) is 21.0. The van der Waals surface area contributed by atoms with E-state index in [-0.39, 0.29) is 95.1 Å². The van der Waals surface area contributed by atoms with Crippen LogP contribution >= 0.6 is 0 Å². The van der Waals surface area contributed by atoms with Gasteiger partial charge in [-0.25, -0.2) is 0 Å². The molecule has 0 saturated carbocycles. The van der Waals surface area contributed by atoms with Gasteiger partial charge < -0.3 is 15.3 Å². The second kappa shape index (κ2) is 15.8. The molecule has 12 heteroatoms. The van der Waals surface area contributed by atoms with E-state index < -0.39 is 31.0 Å². The average molecular weight is 429 g/mol. The largest absolute Gasteiger partial charge is 2.00 e. The zero-order valence-electron chi connectivity index (χ0n) is 16.3. The molecule has 0 aromatic heterocycles. The second-order valence-electron chi connectivity index (χ2n) is 6.28. The minimum Gasteiger partial charge on any atom is -0.480 e. The number of carbonyl (C=O) groups is 5. The molecule has 0 fully saturated rings. The van der Waals surface area contributed by atoms with Gasteiger partial charge in [-0.2, -0.15) is 0 Å². The summed E-state index contributed by atoms with van der Waals surface area (Å²) in [6, 6.07) is 0. The molecule has 0 spiro atoms. The van der Waals surface area contributed by atoms with Crippen molar-refractivity contribution in [1.82, 2.24) is 14.7 Å². The van der Waals surface area contributed by atoms with Crippen LogP contribution in [-0.4, -0.2) is 156 Å². The first-order chi connectivity index (χ1) is 12.5. The number of carbonyl (C=O) groups excluding carboxylic acids is 2. The molecule has 0 radical (unpaired) electrons. The molecule has 28 heavy (non-hydrogen) atoms. The summed E-state index contributed by atoms with van der Waals surface area (Å²) in [6.45, 7) is 2.34. The molecule has 0 heterocycles. The van der Waals surface area contributed by atoms with E-state index in [0.717, 1.165) is 0 Å². The van der Waals surface area contributed by atoms with Gasteiger partial charge in [0.25, 0.3) is 0 Å². The van der Waals surface area contributed by atoms with Crippen molar-refractivity contribution in [2.24, 2.45) is 0 Å². The van der Waals surface area contributed by atoms with E-state index >= 15 is 0 Å². The van der Waals surface area contributed by atoms with E-state index in [4.69, 9.17) is 15.3 Å². The van der Waals surface area contributed by atoms with Crippen molar-refractivity contribution in [3.8, 4) is 0 Å². The quantitative estimate of drug-likeness (QED) is 0.232. The molecule has 154 valence electrons. The van der Waals surface area contributed by atoms with Crippen LogP contribution < -0.4 is 0 Å². The first-order valence-electron chi connectivity index (χ1n) is 8.31. The molecule has 0 aliphatic carbocycles. The Labute approximate surface area is 193 Å². The minimum absolute atomic E-state index is 0. The molecule has 3 N–H and O–H groups in total. The van der Waals surface area contributed by atoms with Crippen molar-refractivity contribution in [1.29, 1.82) is 0 Å². The predicted molar refractivity (Wildman–Crippen MR) is 99.3 cm³/mol. The minimum atomic E-state index is -1.16. The Kier molecular flexibility index (Phi) is 16.4. The number of rotatable bonds is 16. The van der Waals surface area contributed by atoms with Crippen LogP contribution in [-0.2, 0) is 24.0 Å². The molecule has 0 saturated heterocycles. The van der Waals surface area contributed by atoms with Gasteiger partial charge in [0.15, 0.2) is 0 Å². The third-order valence-corrected chi connectivity index (χ3v) is 3.43. The van der Waals surface area contributed by atoms with Crippen LogP contribution in [0.15, 0.2) is 0 Å². The van der Waals surface area contributed by atoms with Gasteiger partial charge >= 0.3 is 55.6 Å². The van der Waals surface area contributed by atoms with Crippen molar-refractivity contribution in [3.05, 3.63) is 0 Å². The van der Waals surface area contributed by atoms with Gasteiger partial charge in [0, 0.05) is 26.2 Å². The van der Waals surface area contributed by atoms with Crippen molar-refractivity contribution in [2.45, 2.75) is 13.8 Å². The zero-order valence-corrected chi connectivity index (χ0v) is 18.5. The van der Waals surface area contributed by atoms with Crippen molar-refractivity contribution in [3.63, 3.8) is 0 Å². The van der Waals surface area contributed by atoms with Crippen LogP contribution in [0.2, 0.25) is 0 Å². The Bertz CT molecular complexity index is 486. The van der Waals surface area contributed by atoms with E-state index in [1.54, 1.807) is 4.90 Å². The number of aliphatic carboxylic acids is 3. The number of hydrogen-bond acceptors (Lipinski definition) is 8. The first kappa shape index (κ1) is 29.1. The van der Waals surface area contributed by atoms with Gasteiger partial charge in [-0.15, -0.1) is 0 Å². The number of Topliss-reactive ketones (excluding diaryl/α,β-unsaturated/α-hetero) is 2. The molecule has 0 atom stereocenters. The van der Waals surface area contributed by atoms with Crippen LogP contribution in [0.1, 0.15) is 13.8 Å². The molecular formula is C16H27CaN3O8+2. The van der Waals surface area contributed by atoms with Crippen molar-refractivity contribution >= 4 is 67.2 Å². The Hall–Kier alpha value is -1.11. The monoisotopic (exact) mass is 429 g/mol. The molecule has 0 aliphatic heterocycles. The van der Waals surface area contributed by atoms with E-state index in [9.17, 15) is 24.0 Å². The van der Waals surface area contributed by atoms with Crippen LogP contribution in [0.25, 0.3) is 0 Å².